The smallest absolute Gasteiger partial charge is 0.323 e. The number of amides is 2. The number of hydrogen-bond acceptors (Lipinski definition) is 22. The molecule has 2 amide bonds. The Kier molecular flexibility index (Phi) is 27.9. The second-order valence-corrected chi connectivity index (χ2v) is 26.6. The Balaban J connectivity index is 0.000000145. The third kappa shape index (κ3) is 25.3. The number of rotatable bonds is 13. The minimum Gasteiger partial charge on any atom is -0.468 e. The molecular weight excluding hydrogens is 1190 g/mol. The summed E-state index contributed by atoms with van der Waals surface area (Å²) in [5.74, 6) is 3.42. The summed E-state index contributed by atoms with van der Waals surface area (Å²) < 4.78 is 10.1. The van der Waals surface area contributed by atoms with Crippen LogP contribution in [0.5, 0.6) is 0 Å². The summed E-state index contributed by atoms with van der Waals surface area (Å²) in [6.07, 6.45) is 25.6. The SMILES string of the molecule is CC1(C)CCCN(Cc2ccc(N)nc2)C1.COC(=O)C1CCCN1Cc1ccc(N)nc1.Nc1ccc(CN2CCCC3(CC3)C2)cn1.Nc1ccc(CN2CCCCC2)cn1.Nc1ccc(CN2CCNC(=O)C2)cn1.Nc1ccc(CN2CCOCCC2=O)cn1. The van der Waals surface area contributed by atoms with E-state index >= 15 is 0 Å². The lowest BCUT2D eigenvalue weighted by molar-refractivity contribution is -0.146. The summed E-state index contributed by atoms with van der Waals surface area (Å²) >= 11 is 0. The normalized spacial score (nSPS) is 19.7. The first-order valence-corrected chi connectivity index (χ1v) is 33.4. The molecule has 1 aliphatic carbocycles. The summed E-state index contributed by atoms with van der Waals surface area (Å²) in [7, 11) is 1.43. The number of nitrogens with zero attached hydrogens (tertiary/aromatic N) is 12. The fourth-order valence-corrected chi connectivity index (χ4v) is 12.6. The fourth-order valence-electron chi connectivity index (χ4n) is 12.6. The molecule has 6 aromatic rings. The predicted molar refractivity (Wildman–Crippen MR) is 370 cm³/mol. The van der Waals surface area contributed by atoms with Crippen molar-refractivity contribution in [3.05, 3.63) is 143 Å². The summed E-state index contributed by atoms with van der Waals surface area (Å²) in [4.78, 5) is 72.4. The molecule has 1 saturated carbocycles. The molecule has 0 bridgehead atoms. The van der Waals surface area contributed by atoms with Crippen LogP contribution in [0.15, 0.2) is 110 Å². The van der Waals surface area contributed by atoms with E-state index in [1.165, 1.54) is 121 Å². The number of carbonyl (C=O) groups excluding carboxylic acids is 3. The van der Waals surface area contributed by atoms with Crippen LogP contribution >= 0.6 is 0 Å². The number of carbonyl (C=O) groups is 3. The number of piperidine rings is 3. The molecule has 7 fully saturated rings. The summed E-state index contributed by atoms with van der Waals surface area (Å²) in [6.45, 7) is 21.9. The van der Waals surface area contributed by atoms with Crippen molar-refractivity contribution in [3.63, 3.8) is 0 Å². The molecule has 1 spiro atoms. The van der Waals surface area contributed by atoms with Crippen LogP contribution in [0.2, 0.25) is 0 Å². The van der Waals surface area contributed by atoms with Crippen LogP contribution in [0.25, 0.3) is 0 Å². The van der Waals surface area contributed by atoms with Crippen LogP contribution in [0.3, 0.4) is 0 Å². The van der Waals surface area contributed by atoms with Crippen molar-refractivity contribution in [1.82, 2.24) is 64.6 Å². The van der Waals surface area contributed by atoms with E-state index < -0.39 is 0 Å². The van der Waals surface area contributed by atoms with Crippen LogP contribution in [0.1, 0.15) is 124 Å². The Hall–Kier alpha value is -8.13. The highest BCUT2D eigenvalue weighted by Crippen LogP contribution is 2.52. The lowest BCUT2D eigenvalue weighted by Gasteiger charge is -2.38. The maximum absolute atomic E-state index is 11.7. The number of nitrogens with two attached hydrogens (primary N) is 6. The van der Waals surface area contributed by atoms with Crippen molar-refractivity contribution >= 4 is 52.7 Å². The van der Waals surface area contributed by atoms with E-state index in [1.807, 2.05) is 55.0 Å². The largest absolute Gasteiger partial charge is 0.468 e. The predicted octanol–water partition coefficient (Wildman–Crippen LogP) is 6.78. The monoisotopic (exact) mass is 1290 g/mol. The first kappa shape index (κ1) is 71.7. The van der Waals surface area contributed by atoms with Gasteiger partial charge in [-0.25, -0.2) is 29.9 Å². The van der Waals surface area contributed by atoms with Crippen molar-refractivity contribution in [1.29, 1.82) is 0 Å². The van der Waals surface area contributed by atoms with Crippen LogP contribution in [-0.2, 0) is 63.1 Å². The molecule has 13 N–H and O–H groups in total. The molecule has 24 nitrogen and oxygen atoms in total. The van der Waals surface area contributed by atoms with Crippen LogP contribution in [0, 0.1) is 10.8 Å². The zero-order valence-corrected chi connectivity index (χ0v) is 55.8. The van der Waals surface area contributed by atoms with Gasteiger partial charge in [-0.2, -0.15) is 0 Å². The van der Waals surface area contributed by atoms with E-state index in [2.05, 4.69) is 91.8 Å². The van der Waals surface area contributed by atoms with Gasteiger partial charge in [0.2, 0.25) is 11.8 Å². The molecule has 7 aliphatic rings. The number of hydrogen-bond donors (Lipinski definition) is 7. The van der Waals surface area contributed by atoms with Gasteiger partial charge in [-0.15, -0.1) is 0 Å². The van der Waals surface area contributed by atoms with E-state index in [1.54, 1.807) is 41.7 Å². The van der Waals surface area contributed by atoms with Gasteiger partial charge < -0.3 is 54.1 Å². The highest BCUT2D eigenvalue weighted by atomic mass is 16.5. The zero-order chi connectivity index (χ0) is 66.7. The second-order valence-electron chi connectivity index (χ2n) is 26.6. The molecule has 6 aliphatic heterocycles. The van der Waals surface area contributed by atoms with E-state index in [-0.39, 0.29) is 23.8 Å². The average molecular weight is 1290 g/mol. The highest BCUT2D eigenvalue weighted by Gasteiger charge is 2.45. The molecule has 12 heterocycles. The maximum atomic E-state index is 11.7. The van der Waals surface area contributed by atoms with E-state index in [0.717, 1.165) is 75.3 Å². The number of pyridine rings is 6. The van der Waals surface area contributed by atoms with Gasteiger partial charge in [0.25, 0.3) is 0 Å². The van der Waals surface area contributed by atoms with Gasteiger partial charge in [0.1, 0.15) is 40.9 Å². The summed E-state index contributed by atoms with van der Waals surface area (Å²) in [5.41, 5.74) is 41.3. The molecule has 1 atom stereocenters. The van der Waals surface area contributed by atoms with Gasteiger partial charge in [0.05, 0.1) is 33.3 Å². The van der Waals surface area contributed by atoms with Gasteiger partial charge >= 0.3 is 5.97 Å². The second kappa shape index (κ2) is 36.5. The lowest BCUT2D eigenvalue weighted by Crippen LogP contribution is -2.47. The molecule has 0 aromatic carbocycles. The molecule has 24 heteroatoms. The van der Waals surface area contributed by atoms with Crippen molar-refractivity contribution in [2.45, 2.75) is 136 Å². The number of esters is 1. The molecule has 94 heavy (non-hydrogen) atoms. The van der Waals surface area contributed by atoms with Crippen LogP contribution < -0.4 is 39.7 Å². The maximum Gasteiger partial charge on any atom is 0.323 e. The first-order valence-electron chi connectivity index (χ1n) is 33.4. The quantitative estimate of drug-likeness (QED) is 0.0585. The van der Waals surface area contributed by atoms with Gasteiger partial charge in [0.15, 0.2) is 0 Å². The van der Waals surface area contributed by atoms with E-state index in [4.69, 9.17) is 43.9 Å². The Morgan fingerprint density at radius 1 is 0.500 bits per heavy atom. The standard InChI is InChI=1S/C13H19N3.C13H21N3.C12H17N3O2.C11H15N3O2.C11H17N3.C10H14N4O/c14-12-3-2-11(8-15-12)9-16-7-1-4-13(10-16)5-6-13;1-13(2)6-3-7-16(10-13)9-11-4-5-12(14)15-8-11;1-17-12(16)10-3-2-6-15(10)8-9-4-5-11(13)14-7-9;12-10-2-1-9(7-13-10)8-14-4-6-16-5-3-11(14)15;12-11-5-4-10(8-13-11)9-14-6-2-1-3-7-14;11-9-2-1-8(5-13-9)6-14-4-3-12-10(15)7-14/h2-3,8H,1,4-7,9-10H2,(H2,14,15);4-5,8H,3,6-7,9-10H2,1-2H3,(H2,14,15);4-5,7,10H,2-3,6,8H2,1H3,(H2,13,14);1-2,7H,3-6,8H2,(H2,12,13);4-5,8H,1-3,6-7,9H2,(H2,12,13);1-2,5H,3-4,6-7H2,(H2,11,13)(H,12,15). The van der Waals surface area contributed by atoms with Crippen molar-refractivity contribution in [3.8, 4) is 0 Å². The third-order valence-corrected chi connectivity index (χ3v) is 17.9. The number of anilines is 6. The molecule has 13 rings (SSSR count). The molecule has 0 radical (unpaired) electrons. The molecule has 6 saturated heterocycles. The Bertz CT molecular complexity index is 3150. The average Bonchev–Trinajstić information content (AvgIpc) is 1.65. The van der Waals surface area contributed by atoms with Gasteiger partial charge in [0, 0.05) is 109 Å². The highest BCUT2D eigenvalue weighted by molar-refractivity contribution is 5.78. The zero-order valence-electron chi connectivity index (χ0n) is 55.8. The van der Waals surface area contributed by atoms with Gasteiger partial charge in [-0.1, -0.05) is 56.7 Å². The summed E-state index contributed by atoms with van der Waals surface area (Å²) in [5, 5.41) is 2.79. The molecule has 6 aromatic heterocycles. The van der Waals surface area contributed by atoms with E-state index in [9.17, 15) is 14.4 Å². The number of ether oxygens (including phenoxy) is 2. The third-order valence-electron chi connectivity index (χ3n) is 17.9. The van der Waals surface area contributed by atoms with Crippen molar-refractivity contribution in [2.75, 3.05) is 127 Å². The van der Waals surface area contributed by atoms with Gasteiger partial charge in [-0.3, -0.25) is 38.9 Å². The Morgan fingerprint density at radius 3 is 1.40 bits per heavy atom. The van der Waals surface area contributed by atoms with Gasteiger partial charge in [-0.05, 0) is 178 Å². The minimum absolute atomic E-state index is 0.0876. The number of piperazine rings is 1. The van der Waals surface area contributed by atoms with Crippen molar-refractivity contribution in [2.24, 2.45) is 10.8 Å². The number of likely N-dealkylation sites (tertiary alicyclic amines) is 4. The first-order chi connectivity index (χ1) is 45.3. The van der Waals surface area contributed by atoms with Crippen molar-refractivity contribution < 1.29 is 23.9 Å². The lowest BCUT2D eigenvalue weighted by atomic mass is 9.84. The number of aromatic nitrogens is 6. The molecule has 508 valence electrons. The number of methoxy groups -OCH3 is 1. The number of nitrogen functional groups attached to an aromatic ring is 6. The molecular formula is C70H103N19O5. The number of nitrogens with one attached hydrogen (secondary N) is 1. The van der Waals surface area contributed by atoms with Crippen LogP contribution in [-0.4, -0.2) is 175 Å². The minimum atomic E-state index is -0.147. The Morgan fingerprint density at radius 2 is 0.947 bits per heavy atom. The van der Waals surface area contributed by atoms with E-state index in [0.29, 0.717) is 91.6 Å². The molecule has 1 unspecified atom stereocenters. The van der Waals surface area contributed by atoms with Crippen LogP contribution in [0.4, 0.5) is 34.9 Å². The topological polar surface area (TPSA) is 335 Å². The fraction of sp³-hybridized carbons (Fsp3) is 0.529. The summed E-state index contributed by atoms with van der Waals surface area (Å²) in [6, 6.07) is 22.8. The Labute approximate surface area is 555 Å².